The van der Waals surface area contributed by atoms with Crippen LogP contribution in [0.3, 0.4) is 0 Å². The van der Waals surface area contributed by atoms with Crippen molar-refractivity contribution >= 4 is 0 Å². The molecule has 7 aliphatic rings. The summed E-state index contributed by atoms with van der Waals surface area (Å²) in [6.45, 7) is 6.66. The first kappa shape index (κ1) is 12.3. The van der Waals surface area contributed by atoms with E-state index in [0.717, 1.165) is 47.3 Å². The van der Waals surface area contributed by atoms with Crippen LogP contribution in [0.1, 0.15) is 20.8 Å². The Morgan fingerprint density at radius 3 is 1.48 bits per heavy atom. The lowest BCUT2D eigenvalue weighted by Gasteiger charge is -2.44. The smallest absolute Gasteiger partial charge is 0.174 e. The molecule has 10 atom stereocenters. The first-order valence-electron chi connectivity index (χ1n) is 8.74. The Bertz CT molecular complexity index is 497. The number of methoxy groups -OCH3 is 2. The average molecular weight is 290 g/mol. The topological polar surface area (TPSA) is 27.7 Å². The lowest BCUT2D eigenvalue weighted by atomic mass is 9.60. The van der Waals surface area contributed by atoms with E-state index in [1.165, 1.54) is 0 Å². The molecule has 0 aromatic carbocycles. The minimum Gasteiger partial charge on any atom is -0.372 e. The molecule has 0 heterocycles. The van der Waals surface area contributed by atoms with E-state index < -0.39 is 0 Å². The van der Waals surface area contributed by atoms with Gasteiger partial charge < -0.3 is 14.2 Å². The summed E-state index contributed by atoms with van der Waals surface area (Å²) in [5, 5.41) is 0. The summed E-state index contributed by atoms with van der Waals surface area (Å²) in [4.78, 5) is 0. The second-order valence-electron chi connectivity index (χ2n) is 9.49. The third-order valence-electron chi connectivity index (χ3n) is 8.47. The van der Waals surface area contributed by atoms with Crippen molar-refractivity contribution in [3.8, 4) is 0 Å². The second-order valence-corrected chi connectivity index (χ2v) is 9.49. The quantitative estimate of drug-likeness (QED) is 0.747. The molecule has 0 aliphatic heterocycles. The summed E-state index contributed by atoms with van der Waals surface area (Å²) < 4.78 is 18.7. The maximum atomic E-state index is 6.58. The molecule has 0 aromatic rings. The predicted octanol–water partition coefficient (Wildman–Crippen LogP) is 2.40. The summed E-state index contributed by atoms with van der Waals surface area (Å²) >= 11 is 0. The predicted molar refractivity (Wildman–Crippen MR) is 76.3 cm³/mol. The lowest BCUT2D eigenvalue weighted by Crippen LogP contribution is -2.42. The highest BCUT2D eigenvalue weighted by molar-refractivity contribution is 5.40. The molecule has 0 radical (unpaired) electrons. The summed E-state index contributed by atoms with van der Waals surface area (Å²) in [6, 6.07) is 0. The van der Waals surface area contributed by atoms with Crippen LogP contribution in [0.4, 0.5) is 0 Å². The summed E-state index contributed by atoms with van der Waals surface area (Å²) in [6.07, 6.45) is 0.532. The Balaban J connectivity index is 1.47. The number of hydrogen-bond donors (Lipinski definition) is 0. The highest BCUT2D eigenvalue weighted by Crippen LogP contribution is 2.93. The number of ether oxygens (including phenoxy) is 3. The molecule has 3 nitrogen and oxygen atoms in total. The van der Waals surface area contributed by atoms with Gasteiger partial charge in [0.1, 0.15) is 0 Å². The molecule has 0 N–H and O–H groups in total. The van der Waals surface area contributed by atoms with E-state index in [4.69, 9.17) is 14.2 Å². The van der Waals surface area contributed by atoms with Crippen LogP contribution in [-0.2, 0) is 14.2 Å². The van der Waals surface area contributed by atoms with E-state index in [9.17, 15) is 0 Å². The van der Waals surface area contributed by atoms with Gasteiger partial charge in [0.15, 0.2) is 5.79 Å². The van der Waals surface area contributed by atoms with E-state index in [1.54, 1.807) is 0 Å². The molecule has 7 rings (SSSR count). The lowest BCUT2D eigenvalue weighted by molar-refractivity contribution is -0.243. The normalized spacial score (nSPS) is 65.9. The second kappa shape index (κ2) is 3.09. The maximum absolute atomic E-state index is 6.58. The Kier molecular flexibility index (Phi) is 1.81. The van der Waals surface area contributed by atoms with Gasteiger partial charge in [-0.15, -0.1) is 0 Å². The number of rotatable bonds is 3. The van der Waals surface area contributed by atoms with Crippen LogP contribution in [-0.4, -0.2) is 31.7 Å². The monoisotopic (exact) mass is 290 g/mol. The third kappa shape index (κ3) is 0.925. The first-order valence-corrected chi connectivity index (χ1v) is 8.74. The van der Waals surface area contributed by atoms with Gasteiger partial charge in [0.25, 0.3) is 0 Å². The molecule has 0 spiro atoms. The van der Waals surface area contributed by atoms with Gasteiger partial charge >= 0.3 is 0 Å². The van der Waals surface area contributed by atoms with Gasteiger partial charge in [-0.3, -0.25) is 0 Å². The summed E-state index contributed by atoms with van der Waals surface area (Å²) in [5.41, 5.74) is -0.00610. The first-order chi connectivity index (χ1) is 9.96. The Morgan fingerprint density at radius 1 is 0.667 bits per heavy atom. The Morgan fingerprint density at radius 2 is 1.10 bits per heavy atom. The molecule has 3 heteroatoms. The fraction of sp³-hybridized carbons (Fsp3) is 1.00. The molecule has 4 bridgehead atoms. The van der Waals surface area contributed by atoms with E-state index in [1.807, 2.05) is 14.2 Å². The molecule has 0 aromatic heterocycles. The van der Waals surface area contributed by atoms with Crippen molar-refractivity contribution < 1.29 is 14.2 Å². The van der Waals surface area contributed by atoms with E-state index in [2.05, 4.69) is 20.8 Å². The Hall–Kier alpha value is -0.120. The van der Waals surface area contributed by atoms with Gasteiger partial charge in [-0.25, -0.2) is 0 Å². The van der Waals surface area contributed by atoms with Crippen LogP contribution in [0.2, 0.25) is 0 Å². The van der Waals surface area contributed by atoms with Crippen LogP contribution in [0.25, 0.3) is 0 Å². The highest BCUT2D eigenvalue weighted by Gasteiger charge is 2.95. The van der Waals surface area contributed by atoms with E-state index >= 15 is 0 Å². The largest absolute Gasteiger partial charge is 0.372 e. The maximum Gasteiger partial charge on any atom is 0.174 e. The molecule has 21 heavy (non-hydrogen) atoms. The molecule has 116 valence electrons. The standard InChI is InChI=1S/C18H26O3/c1-17(2,3)21-16-12-6-7-9-8(6)14-10(12)11(13(7)16)15(9)18(14,19-4)20-5/h6-16H,1-5H3. The van der Waals surface area contributed by atoms with Gasteiger partial charge in [-0.2, -0.15) is 0 Å². The zero-order valence-electron chi connectivity index (χ0n) is 13.6. The molecule has 0 saturated heterocycles. The van der Waals surface area contributed by atoms with Crippen molar-refractivity contribution in [1.29, 1.82) is 0 Å². The summed E-state index contributed by atoms with van der Waals surface area (Å²) in [5.74, 6) is 8.04. The molecule has 10 unspecified atom stereocenters. The number of hydrogen-bond acceptors (Lipinski definition) is 3. The average Bonchev–Trinajstić information content (AvgIpc) is 3.01. The van der Waals surface area contributed by atoms with Crippen molar-refractivity contribution in [2.24, 2.45) is 59.2 Å². The minimum absolute atomic E-state index is 0.00610. The molecular formula is C18H26O3. The molecule has 7 aliphatic carbocycles. The molecule has 7 fully saturated rings. The third-order valence-corrected chi connectivity index (χ3v) is 8.47. The van der Waals surface area contributed by atoms with Crippen LogP contribution in [0.5, 0.6) is 0 Å². The van der Waals surface area contributed by atoms with E-state index in [-0.39, 0.29) is 11.4 Å². The van der Waals surface area contributed by atoms with Gasteiger partial charge in [0.05, 0.1) is 11.7 Å². The minimum atomic E-state index is -0.242. The molecule has 7 saturated carbocycles. The van der Waals surface area contributed by atoms with Crippen LogP contribution in [0.15, 0.2) is 0 Å². The van der Waals surface area contributed by atoms with Crippen molar-refractivity contribution in [3.63, 3.8) is 0 Å². The van der Waals surface area contributed by atoms with E-state index in [0.29, 0.717) is 17.9 Å². The zero-order chi connectivity index (χ0) is 14.5. The van der Waals surface area contributed by atoms with Gasteiger partial charge in [0, 0.05) is 26.1 Å². The SMILES string of the molecule is COC1(OC)C2C3C4C(OC(C)(C)C)C5C6C4C2C6C1C53. The fourth-order valence-electron chi connectivity index (χ4n) is 8.98. The Labute approximate surface area is 126 Å². The fourth-order valence-corrected chi connectivity index (χ4v) is 8.98. The molecule has 0 amide bonds. The van der Waals surface area contributed by atoms with Crippen LogP contribution in [0, 0.1) is 59.2 Å². The zero-order valence-corrected chi connectivity index (χ0v) is 13.6. The summed E-state index contributed by atoms with van der Waals surface area (Å²) in [7, 11) is 3.76. The van der Waals surface area contributed by atoms with Crippen molar-refractivity contribution in [1.82, 2.24) is 0 Å². The molecular weight excluding hydrogens is 264 g/mol. The van der Waals surface area contributed by atoms with Crippen molar-refractivity contribution in [2.75, 3.05) is 14.2 Å². The van der Waals surface area contributed by atoms with Gasteiger partial charge in [-0.05, 0) is 68.1 Å². The van der Waals surface area contributed by atoms with Crippen LogP contribution >= 0.6 is 0 Å². The van der Waals surface area contributed by atoms with Gasteiger partial charge in [-0.1, -0.05) is 0 Å². The highest BCUT2D eigenvalue weighted by atomic mass is 16.7. The van der Waals surface area contributed by atoms with Crippen molar-refractivity contribution in [2.45, 2.75) is 38.3 Å². The van der Waals surface area contributed by atoms with Crippen molar-refractivity contribution in [3.05, 3.63) is 0 Å². The van der Waals surface area contributed by atoms with Gasteiger partial charge in [0.2, 0.25) is 0 Å². The van der Waals surface area contributed by atoms with Crippen LogP contribution < -0.4 is 0 Å².